The van der Waals surface area contributed by atoms with Gasteiger partial charge in [0, 0.05) is 0 Å². The fourth-order valence-electron chi connectivity index (χ4n) is 1.34. The Balaban J connectivity index is 3.83. The SMILES string of the molecule is C=C(CC)C(C)CC(C)C(C)C. The van der Waals surface area contributed by atoms with E-state index < -0.39 is 0 Å². The quantitative estimate of drug-likeness (QED) is 0.538. The van der Waals surface area contributed by atoms with Gasteiger partial charge in [-0.2, -0.15) is 0 Å². The molecule has 0 nitrogen and oxygen atoms in total. The minimum Gasteiger partial charge on any atom is -0.0996 e. The van der Waals surface area contributed by atoms with E-state index in [9.17, 15) is 0 Å². The van der Waals surface area contributed by atoms with Gasteiger partial charge < -0.3 is 0 Å². The molecule has 72 valence electrons. The van der Waals surface area contributed by atoms with Crippen molar-refractivity contribution in [3.8, 4) is 0 Å². The number of rotatable bonds is 5. The molecule has 0 fully saturated rings. The van der Waals surface area contributed by atoms with Crippen LogP contribution in [0.3, 0.4) is 0 Å². The van der Waals surface area contributed by atoms with Gasteiger partial charge in [0.15, 0.2) is 0 Å². The molecule has 0 spiro atoms. The van der Waals surface area contributed by atoms with Gasteiger partial charge in [0.1, 0.15) is 0 Å². The molecule has 0 rings (SSSR count). The number of hydrogen-bond acceptors (Lipinski definition) is 0. The number of allylic oxidation sites excluding steroid dienone is 1. The zero-order chi connectivity index (χ0) is 9.72. The van der Waals surface area contributed by atoms with Crippen LogP contribution < -0.4 is 0 Å². The summed E-state index contributed by atoms with van der Waals surface area (Å²) >= 11 is 0. The topological polar surface area (TPSA) is 0 Å². The van der Waals surface area contributed by atoms with Crippen molar-refractivity contribution in [3.63, 3.8) is 0 Å². The van der Waals surface area contributed by atoms with Crippen molar-refractivity contribution >= 4 is 0 Å². The summed E-state index contributed by atoms with van der Waals surface area (Å²) in [5.41, 5.74) is 1.41. The van der Waals surface area contributed by atoms with Gasteiger partial charge in [-0.15, -0.1) is 0 Å². The zero-order valence-corrected chi connectivity index (χ0v) is 9.35. The molecule has 12 heavy (non-hydrogen) atoms. The molecule has 0 aromatic heterocycles. The highest BCUT2D eigenvalue weighted by Gasteiger charge is 2.12. The average molecular weight is 168 g/mol. The predicted molar refractivity (Wildman–Crippen MR) is 57.2 cm³/mol. The highest BCUT2D eigenvalue weighted by molar-refractivity contribution is 4.98. The van der Waals surface area contributed by atoms with Gasteiger partial charge in [0.2, 0.25) is 0 Å². The van der Waals surface area contributed by atoms with Gasteiger partial charge in [0.25, 0.3) is 0 Å². The molecular formula is C12H24. The maximum absolute atomic E-state index is 4.09. The second kappa shape index (κ2) is 5.40. The second-order valence-corrected chi connectivity index (χ2v) is 4.37. The van der Waals surface area contributed by atoms with Crippen LogP contribution in [0.1, 0.15) is 47.5 Å². The fourth-order valence-corrected chi connectivity index (χ4v) is 1.34. The molecule has 0 heterocycles. The van der Waals surface area contributed by atoms with Crippen LogP contribution in [0, 0.1) is 17.8 Å². The monoisotopic (exact) mass is 168 g/mol. The first-order chi connectivity index (χ1) is 5.49. The third-order valence-corrected chi connectivity index (χ3v) is 3.01. The smallest absolute Gasteiger partial charge is 0.0232 e. The summed E-state index contributed by atoms with van der Waals surface area (Å²) in [5.74, 6) is 2.33. The van der Waals surface area contributed by atoms with E-state index in [-0.39, 0.29) is 0 Å². The average Bonchev–Trinajstić information content (AvgIpc) is 2.02. The van der Waals surface area contributed by atoms with E-state index in [1.54, 1.807) is 0 Å². The largest absolute Gasteiger partial charge is 0.0996 e. The van der Waals surface area contributed by atoms with Crippen molar-refractivity contribution in [1.29, 1.82) is 0 Å². The first kappa shape index (κ1) is 11.7. The van der Waals surface area contributed by atoms with Crippen LogP contribution in [0.25, 0.3) is 0 Å². The third kappa shape index (κ3) is 3.94. The van der Waals surface area contributed by atoms with Crippen molar-refractivity contribution in [2.75, 3.05) is 0 Å². The van der Waals surface area contributed by atoms with Gasteiger partial charge >= 0.3 is 0 Å². The highest BCUT2D eigenvalue weighted by Crippen LogP contribution is 2.24. The number of hydrogen-bond donors (Lipinski definition) is 0. The molecular weight excluding hydrogens is 144 g/mol. The van der Waals surface area contributed by atoms with Crippen LogP contribution in [0.4, 0.5) is 0 Å². The first-order valence-electron chi connectivity index (χ1n) is 5.16. The van der Waals surface area contributed by atoms with E-state index in [0.29, 0.717) is 5.92 Å². The molecule has 0 aliphatic carbocycles. The summed E-state index contributed by atoms with van der Waals surface area (Å²) in [5, 5.41) is 0. The summed E-state index contributed by atoms with van der Waals surface area (Å²) in [6.07, 6.45) is 2.43. The Morgan fingerprint density at radius 1 is 1.17 bits per heavy atom. The second-order valence-electron chi connectivity index (χ2n) is 4.37. The molecule has 0 saturated heterocycles. The zero-order valence-electron chi connectivity index (χ0n) is 9.35. The molecule has 0 aromatic rings. The maximum atomic E-state index is 4.09. The molecule has 0 aliphatic rings. The Morgan fingerprint density at radius 3 is 2.00 bits per heavy atom. The van der Waals surface area contributed by atoms with E-state index in [1.807, 2.05) is 0 Å². The lowest BCUT2D eigenvalue weighted by molar-refractivity contribution is 0.350. The molecule has 0 bridgehead atoms. The van der Waals surface area contributed by atoms with Crippen molar-refractivity contribution in [3.05, 3.63) is 12.2 Å². The third-order valence-electron chi connectivity index (χ3n) is 3.01. The minimum atomic E-state index is 0.701. The lowest BCUT2D eigenvalue weighted by Gasteiger charge is -2.21. The lowest BCUT2D eigenvalue weighted by atomic mass is 9.85. The van der Waals surface area contributed by atoms with E-state index in [2.05, 4.69) is 41.2 Å². The molecule has 0 saturated carbocycles. The van der Waals surface area contributed by atoms with Gasteiger partial charge in [-0.3, -0.25) is 0 Å². The van der Waals surface area contributed by atoms with E-state index in [4.69, 9.17) is 0 Å². The Morgan fingerprint density at radius 2 is 1.67 bits per heavy atom. The Hall–Kier alpha value is -0.260. The fraction of sp³-hybridized carbons (Fsp3) is 0.833. The van der Waals surface area contributed by atoms with Gasteiger partial charge in [0.05, 0.1) is 0 Å². The van der Waals surface area contributed by atoms with Crippen LogP contribution in [0.2, 0.25) is 0 Å². The predicted octanol–water partition coefficient (Wildman–Crippen LogP) is 4.27. The van der Waals surface area contributed by atoms with E-state index in [1.165, 1.54) is 12.0 Å². The van der Waals surface area contributed by atoms with Crippen molar-refractivity contribution in [2.45, 2.75) is 47.5 Å². The van der Waals surface area contributed by atoms with Gasteiger partial charge in [-0.25, -0.2) is 0 Å². The Bertz CT molecular complexity index is 133. The Kier molecular flexibility index (Phi) is 5.28. The van der Waals surface area contributed by atoms with E-state index >= 15 is 0 Å². The van der Waals surface area contributed by atoms with Crippen LogP contribution in [0.15, 0.2) is 12.2 Å². The summed E-state index contributed by atoms with van der Waals surface area (Å²) < 4.78 is 0. The minimum absolute atomic E-state index is 0.701. The maximum Gasteiger partial charge on any atom is -0.0232 e. The lowest BCUT2D eigenvalue weighted by Crippen LogP contribution is -2.10. The molecule has 2 atom stereocenters. The van der Waals surface area contributed by atoms with Crippen molar-refractivity contribution in [1.82, 2.24) is 0 Å². The van der Waals surface area contributed by atoms with Crippen LogP contribution >= 0.6 is 0 Å². The van der Waals surface area contributed by atoms with Gasteiger partial charge in [-0.05, 0) is 30.6 Å². The first-order valence-corrected chi connectivity index (χ1v) is 5.16. The summed E-state index contributed by atoms with van der Waals surface area (Å²) in [6.45, 7) is 15.5. The Labute approximate surface area is 78.1 Å². The molecule has 0 amide bonds. The summed E-state index contributed by atoms with van der Waals surface area (Å²) in [7, 11) is 0. The molecule has 0 aliphatic heterocycles. The normalized spacial score (nSPS) is 16.2. The molecule has 0 N–H and O–H groups in total. The molecule has 0 radical (unpaired) electrons. The summed E-state index contributed by atoms with van der Waals surface area (Å²) in [6, 6.07) is 0. The van der Waals surface area contributed by atoms with Crippen molar-refractivity contribution < 1.29 is 0 Å². The van der Waals surface area contributed by atoms with Crippen LogP contribution in [0.5, 0.6) is 0 Å². The summed E-state index contributed by atoms with van der Waals surface area (Å²) in [4.78, 5) is 0. The molecule has 0 heteroatoms. The van der Waals surface area contributed by atoms with Crippen LogP contribution in [-0.2, 0) is 0 Å². The van der Waals surface area contributed by atoms with Crippen LogP contribution in [-0.4, -0.2) is 0 Å². The standard InChI is InChI=1S/C12H24/c1-7-10(4)12(6)8-11(5)9(2)3/h9,11-12H,4,7-8H2,1-3,5-6H3. The van der Waals surface area contributed by atoms with Crippen molar-refractivity contribution in [2.24, 2.45) is 17.8 Å². The molecule has 0 aromatic carbocycles. The van der Waals surface area contributed by atoms with E-state index in [0.717, 1.165) is 18.3 Å². The van der Waals surface area contributed by atoms with Gasteiger partial charge in [-0.1, -0.05) is 46.8 Å². The molecule has 2 unspecified atom stereocenters. The highest BCUT2D eigenvalue weighted by atomic mass is 14.2.